The maximum absolute atomic E-state index is 10.9. The Balaban J connectivity index is 2.78. The van der Waals surface area contributed by atoms with Gasteiger partial charge in [-0.3, -0.25) is 8.98 Å². The first-order valence-corrected chi connectivity index (χ1v) is 6.65. The Morgan fingerprint density at radius 3 is 2.47 bits per heavy atom. The van der Waals surface area contributed by atoms with Gasteiger partial charge in [0.2, 0.25) is 7.85 Å². The lowest BCUT2D eigenvalue weighted by Gasteiger charge is -2.17. The van der Waals surface area contributed by atoms with Crippen LogP contribution >= 0.6 is 0 Å². The molecule has 0 spiro atoms. The van der Waals surface area contributed by atoms with Gasteiger partial charge in [-0.25, -0.2) is 0 Å². The monoisotopic (exact) mass is 253 g/mol. The van der Waals surface area contributed by atoms with Gasteiger partial charge in [0.05, 0.1) is 18.9 Å². The smallest absolute Gasteiger partial charge is 0.264 e. The molecule has 1 aromatic rings. The first-order valence-electron chi connectivity index (χ1n) is 4.84. The third-order valence-corrected chi connectivity index (χ3v) is 2.53. The van der Waals surface area contributed by atoms with Gasteiger partial charge in [0.15, 0.2) is 5.81 Å². The lowest BCUT2D eigenvalue weighted by molar-refractivity contribution is 0.242. The van der Waals surface area contributed by atoms with Crippen molar-refractivity contribution in [1.82, 2.24) is 5.32 Å². The van der Waals surface area contributed by atoms with Crippen LogP contribution in [0.5, 0.6) is 0 Å². The lowest BCUT2D eigenvalue weighted by Crippen LogP contribution is -2.31. The van der Waals surface area contributed by atoms with Gasteiger partial charge in [-0.2, -0.15) is 8.42 Å². The van der Waals surface area contributed by atoms with Crippen LogP contribution in [0.15, 0.2) is 30.3 Å². The van der Waals surface area contributed by atoms with Crippen molar-refractivity contribution >= 4 is 23.8 Å². The zero-order valence-electron chi connectivity index (χ0n) is 9.29. The Bertz CT molecular complexity index is 474. The van der Waals surface area contributed by atoms with Crippen LogP contribution in [-0.4, -0.2) is 34.9 Å². The predicted octanol–water partition coefficient (Wildman–Crippen LogP) is 0.582. The fourth-order valence-corrected chi connectivity index (χ4v) is 1.65. The van der Waals surface area contributed by atoms with E-state index in [1.165, 1.54) is 0 Å². The lowest BCUT2D eigenvalue weighted by atomic mass is 10.0. The van der Waals surface area contributed by atoms with Crippen molar-refractivity contribution in [3.63, 3.8) is 0 Å². The van der Waals surface area contributed by atoms with Crippen molar-refractivity contribution in [3.8, 4) is 0 Å². The van der Waals surface area contributed by atoms with Gasteiger partial charge in [0, 0.05) is 0 Å². The molecule has 0 heterocycles. The highest BCUT2D eigenvalue weighted by atomic mass is 32.2. The fraction of sp³-hybridized carbons (Fsp3) is 0.300. The zero-order chi connectivity index (χ0) is 12.9. The van der Waals surface area contributed by atoms with E-state index in [-0.39, 0.29) is 6.61 Å². The van der Waals surface area contributed by atoms with Crippen LogP contribution in [0.1, 0.15) is 11.6 Å². The molecule has 0 aliphatic heterocycles. The Morgan fingerprint density at radius 1 is 1.41 bits per heavy atom. The summed E-state index contributed by atoms with van der Waals surface area (Å²) in [4.78, 5) is 10.8. The number of hydrogen-bond donors (Lipinski definition) is 1. The van der Waals surface area contributed by atoms with Gasteiger partial charge in [-0.1, -0.05) is 30.3 Å². The predicted molar refractivity (Wildman–Crippen MR) is 64.3 cm³/mol. The molecular weight excluding hydrogens is 241 g/mol. The molecule has 17 heavy (non-hydrogen) atoms. The van der Waals surface area contributed by atoms with Crippen molar-refractivity contribution in [3.05, 3.63) is 35.9 Å². The normalized spacial score (nSPS) is 13.0. The molecule has 2 radical (unpaired) electrons. The van der Waals surface area contributed by atoms with E-state index >= 15 is 0 Å². The third-order valence-electron chi connectivity index (χ3n) is 1.97. The summed E-state index contributed by atoms with van der Waals surface area (Å²) in [7, 11) is 1.46. The van der Waals surface area contributed by atoms with Crippen molar-refractivity contribution in [2.24, 2.45) is 0 Å². The summed E-state index contributed by atoms with van der Waals surface area (Å²) in [5.41, 5.74) is 0.718. The van der Waals surface area contributed by atoms with Crippen molar-refractivity contribution in [2.75, 3.05) is 12.9 Å². The van der Waals surface area contributed by atoms with Gasteiger partial charge in [0.1, 0.15) is 0 Å². The quantitative estimate of drug-likeness (QED) is 0.615. The maximum Gasteiger partial charge on any atom is 0.264 e. The number of carbonyl (C=O) groups excluding carboxylic acids is 1. The summed E-state index contributed by atoms with van der Waals surface area (Å²) in [5, 5.41) is 2.42. The van der Waals surface area contributed by atoms with Gasteiger partial charge in [-0.15, -0.1) is 0 Å². The van der Waals surface area contributed by atoms with E-state index < -0.39 is 22.0 Å². The van der Waals surface area contributed by atoms with E-state index in [4.69, 9.17) is 7.85 Å². The Labute approximate surface area is 102 Å². The van der Waals surface area contributed by atoms with E-state index in [2.05, 4.69) is 9.50 Å². The SMILES string of the molecule is [B]C(=O)N[C@H](COS(C)(=O)=O)c1ccccc1. The molecule has 1 atom stereocenters. The minimum absolute atomic E-state index is 0.189. The fourth-order valence-electron chi connectivity index (χ4n) is 1.27. The van der Waals surface area contributed by atoms with Crippen LogP contribution < -0.4 is 5.32 Å². The molecule has 0 bridgehead atoms. The van der Waals surface area contributed by atoms with Crippen molar-refractivity contribution in [1.29, 1.82) is 0 Å². The Morgan fingerprint density at radius 2 is 2.00 bits per heavy atom. The maximum atomic E-state index is 10.9. The van der Waals surface area contributed by atoms with Crippen molar-refractivity contribution in [2.45, 2.75) is 6.04 Å². The molecule has 7 heteroatoms. The molecule has 90 valence electrons. The van der Waals surface area contributed by atoms with Crippen LogP contribution in [0.25, 0.3) is 0 Å². The van der Waals surface area contributed by atoms with E-state index in [1.54, 1.807) is 24.3 Å². The average Bonchev–Trinajstić information content (AvgIpc) is 2.24. The van der Waals surface area contributed by atoms with Crippen LogP contribution in [0.3, 0.4) is 0 Å². The summed E-state index contributed by atoms with van der Waals surface area (Å²) < 4.78 is 26.4. The second kappa shape index (κ2) is 5.83. The van der Waals surface area contributed by atoms with Crippen LogP contribution in [0.4, 0.5) is 4.79 Å². The number of rotatable bonds is 5. The largest absolute Gasteiger partial charge is 0.357 e. The van der Waals surface area contributed by atoms with E-state index in [9.17, 15) is 13.2 Å². The summed E-state index contributed by atoms with van der Waals surface area (Å²) in [6.45, 7) is -0.189. The summed E-state index contributed by atoms with van der Waals surface area (Å²) >= 11 is 0. The molecule has 5 nitrogen and oxygen atoms in total. The highest BCUT2D eigenvalue weighted by molar-refractivity contribution is 7.85. The standard InChI is InChI=1S/C10H12BNO4S/c1-17(14,15)16-7-9(12-10(11)13)8-5-3-2-4-6-8/h2-6,9H,7H2,1H3,(H,12,13)/t9-/m1/s1. The van der Waals surface area contributed by atoms with Gasteiger partial charge in [-0.05, 0) is 5.56 Å². The summed E-state index contributed by atoms with van der Waals surface area (Å²) in [5.74, 6) is -0.740. The Hall–Kier alpha value is -1.34. The zero-order valence-corrected chi connectivity index (χ0v) is 10.1. The topological polar surface area (TPSA) is 72.5 Å². The van der Waals surface area contributed by atoms with Crippen molar-refractivity contribution < 1.29 is 17.4 Å². The molecule has 1 N–H and O–H groups in total. The molecule has 1 aromatic carbocycles. The van der Waals surface area contributed by atoms with E-state index in [1.807, 2.05) is 6.07 Å². The van der Waals surface area contributed by atoms with Gasteiger partial charge < -0.3 is 5.32 Å². The number of amides is 1. The number of nitrogens with one attached hydrogen (secondary N) is 1. The molecule has 0 saturated heterocycles. The van der Waals surface area contributed by atoms with E-state index in [0.717, 1.165) is 11.8 Å². The molecule has 0 aliphatic rings. The first-order chi connectivity index (χ1) is 7.88. The molecule has 0 aromatic heterocycles. The second-order valence-electron chi connectivity index (χ2n) is 3.46. The Kier molecular flexibility index (Phi) is 4.71. The molecule has 0 fully saturated rings. The molecule has 0 saturated carbocycles. The second-order valence-corrected chi connectivity index (χ2v) is 5.10. The summed E-state index contributed by atoms with van der Waals surface area (Å²) in [6.07, 6.45) is 0.944. The highest BCUT2D eigenvalue weighted by Gasteiger charge is 2.15. The minimum atomic E-state index is -3.56. The van der Waals surface area contributed by atoms with Crippen LogP contribution in [-0.2, 0) is 14.3 Å². The van der Waals surface area contributed by atoms with Gasteiger partial charge in [0.25, 0.3) is 10.1 Å². The first kappa shape index (κ1) is 13.7. The molecule has 0 aliphatic carbocycles. The summed E-state index contributed by atoms with van der Waals surface area (Å²) in [6, 6.07) is 8.24. The number of carbonyl (C=O) groups is 1. The average molecular weight is 253 g/mol. The van der Waals surface area contributed by atoms with Crippen LogP contribution in [0, 0.1) is 0 Å². The highest BCUT2D eigenvalue weighted by Crippen LogP contribution is 2.13. The number of benzene rings is 1. The molecule has 1 rings (SSSR count). The van der Waals surface area contributed by atoms with E-state index in [0.29, 0.717) is 0 Å². The van der Waals surface area contributed by atoms with Gasteiger partial charge >= 0.3 is 0 Å². The van der Waals surface area contributed by atoms with Crippen LogP contribution in [0.2, 0.25) is 0 Å². The molecule has 1 amide bonds. The third kappa shape index (κ3) is 5.51. The minimum Gasteiger partial charge on any atom is -0.357 e. The molecular formula is C10H12BNO4S. The molecule has 0 unspecified atom stereocenters. The number of hydrogen-bond acceptors (Lipinski definition) is 4.